The molecule has 1 aliphatic rings. The fraction of sp³-hybridized carbons (Fsp3) is 0.615. The topological polar surface area (TPSA) is 45.6 Å². The van der Waals surface area contributed by atoms with Crippen molar-refractivity contribution in [2.75, 3.05) is 26.2 Å². The Hall–Kier alpha value is -0.970. The fourth-order valence-corrected chi connectivity index (χ4v) is 2.16. The van der Waals surface area contributed by atoms with Crippen molar-refractivity contribution in [1.29, 1.82) is 0 Å². The highest BCUT2D eigenvalue weighted by molar-refractivity contribution is 5.20. The molecule has 2 atom stereocenters. The number of nitrogens with zero attached hydrogens (tertiary/aromatic N) is 2. The van der Waals surface area contributed by atoms with Crippen molar-refractivity contribution in [3.05, 3.63) is 29.6 Å². The molecule has 1 fully saturated rings. The summed E-state index contributed by atoms with van der Waals surface area (Å²) >= 11 is 0. The van der Waals surface area contributed by atoms with Crippen LogP contribution in [0.2, 0.25) is 0 Å². The summed E-state index contributed by atoms with van der Waals surface area (Å²) < 4.78 is 5.65. The molecule has 17 heavy (non-hydrogen) atoms. The van der Waals surface area contributed by atoms with Gasteiger partial charge in [0.2, 0.25) is 0 Å². The Morgan fingerprint density at radius 1 is 1.59 bits per heavy atom. The van der Waals surface area contributed by atoms with Crippen molar-refractivity contribution in [2.45, 2.75) is 26.1 Å². The summed E-state index contributed by atoms with van der Waals surface area (Å²) in [5.74, 6) is 0. The van der Waals surface area contributed by atoms with E-state index in [0.29, 0.717) is 6.61 Å². The Balaban J connectivity index is 2.06. The maximum atomic E-state index is 10.3. The van der Waals surface area contributed by atoms with Gasteiger partial charge in [-0.2, -0.15) is 0 Å². The first-order chi connectivity index (χ1) is 8.20. The van der Waals surface area contributed by atoms with Gasteiger partial charge in [-0.3, -0.25) is 9.88 Å². The number of morpholine rings is 1. The zero-order valence-corrected chi connectivity index (χ0v) is 10.5. The Kier molecular flexibility index (Phi) is 4.10. The molecule has 0 radical (unpaired) electrons. The summed E-state index contributed by atoms with van der Waals surface area (Å²) in [5, 5.41) is 10.3. The van der Waals surface area contributed by atoms with Gasteiger partial charge in [0.15, 0.2) is 0 Å². The molecule has 0 bridgehead atoms. The molecule has 0 spiro atoms. The normalized spacial score (nSPS) is 23.6. The number of hydrogen-bond donors (Lipinski definition) is 1. The van der Waals surface area contributed by atoms with Crippen molar-refractivity contribution >= 4 is 0 Å². The van der Waals surface area contributed by atoms with Crippen molar-refractivity contribution in [3.63, 3.8) is 0 Å². The second-order valence-electron chi connectivity index (χ2n) is 4.54. The second kappa shape index (κ2) is 5.58. The summed E-state index contributed by atoms with van der Waals surface area (Å²) in [7, 11) is 0. The molecule has 2 unspecified atom stereocenters. The molecule has 0 aliphatic carbocycles. The Morgan fingerprint density at radius 2 is 2.41 bits per heavy atom. The van der Waals surface area contributed by atoms with Gasteiger partial charge >= 0.3 is 0 Å². The van der Waals surface area contributed by atoms with Crippen molar-refractivity contribution in [3.8, 4) is 0 Å². The lowest BCUT2D eigenvalue weighted by molar-refractivity contribution is -0.0889. The van der Waals surface area contributed by atoms with Gasteiger partial charge in [-0.25, -0.2) is 0 Å². The van der Waals surface area contributed by atoms with Gasteiger partial charge in [0.05, 0.1) is 6.61 Å². The molecule has 2 heterocycles. The molecular formula is C13H20N2O2. The van der Waals surface area contributed by atoms with Gasteiger partial charge < -0.3 is 9.84 Å². The van der Waals surface area contributed by atoms with E-state index in [1.807, 2.05) is 13.0 Å². The van der Waals surface area contributed by atoms with E-state index in [2.05, 4.69) is 16.8 Å². The van der Waals surface area contributed by atoms with Crippen LogP contribution >= 0.6 is 0 Å². The first-order valence-electron chi connectivity index (χ1n) is 6.14. The van der Waals surface area contributed by atoms with Crippen LogP contribution in [0.5, 0.6) is 0 Å². The van der Waals surface area contributed by atoms with Crippen LogP contribution < -0.4 is 0 Å². The molecular weight excluding hydrogens is 216 g/mol. The average Bonchev–Trinajstić information content (AvgIpc) is 2.38. The molecule has 1 saturated heterocycles. The number of aliphatic hydroxyl groups excluding tert-OH is 1. The second-order valence-corrected chi connectivity index (χ2v) is 4.54. The zero-order valence-electron chi connectivity index (χ0n) is 10.5. The third-order valence-corrected chi connectivity index (χ3v) is 3.21. The summed E-state index contributed by atoms with van der Waals surface area (Å²) in [6.07, 6.45) is 2.77. The summed E-state index contributed by atoms with van der Waals surface area (Å²) in [6.45, 7) is 7.52. The van der Waals surface area contributed by atoms with E-state index in [9.17, 15) is 5.11 Å². The highest BCUT2D eigenvalue weighted by Crippen LogP contribution is 2.22. The Bertz CT molecular complexity index is 370. The number of ether oxygens (including phenoxy) is 1. The Morgan fingerprint density at radius 3 is 3.12 bits per heavy atom. The predicted molar refractivity (Wildman–Crippen MR) is 65.8 cm³/mol. The molecule has 1 aromatic rings. The lowest BCUT2D eigenvalue weighted by atomic mass is 10.0. The number of hydrogen-bond acceptors (Lipinski definition) is 4. The van der Waals surface area contributed by atoms with Crippen LogP contribution in [0.3, 0.4) is 0 Å². The number of aliphatic hydroxyl groups is 1. The Labute approximate surface area is 102 Å². The number of rotatable bonds is 3. The maximum Gasteiger partial charge on any atom is 0.108 e. The van der Waals surface area contributed by atoms with Gasteiger partial charge in [-0.05, 0) is 19.0 Å². The van der Waals surface area contributed by atoms with Crippen molar-refractivity contribution in [2.24, 2.45) is 0 Å². The van der Waals surface area contributed by atoms with E-state index >= 15 is 0 Å². The molecule has 0 aromatic carbocycles. The highest BCUT2D eigenvalue weighted by Gasteiger charge is 2.27. The maximum absolute atomic E-state index is 10.3. The smallest absolute Gasteiger partial charge is 0.108 e. The van der Waals surface area contributed by atoms with Crippen molar-refractivity contribution in [1.82, 2.24) is 9.88 Å². The molecule has 1 N–H and O–H groups in total. The minimum absolute atomic E-state index is 0.146. The van der Waals surface area contributed by atoms with E-state index in [1.54, 1.807) is 12.4 Å². The number of pyridine rings is 1. The SMILES string of the molecule is CCN1CCOC(C(O)c2cncc(C)c2)C1. The monoisotopic (exact) mass is 236 g/mol. The molecule has 1 aliphatic heterocycles. The highest BCUT2D eigenvalue weighted by atomic mass is 16.5. The van der Waals surface area contributed by atoms with Crippen LogP contribution in [0, 0.1) is 6.92 Å². The molecule has 0 amide bonds. The standard InChI is InChI=1S/C13H20N2O2/c1-3-15-4-5-17-12(9-15)13(16)11-6-10(2)7-14-8-11/h6-8,12-13,16H,3-5,9H2,1-2H3. The molecule has 0 saturated carbocycles. The quantitative estimate of drug-likeness (QED) is 0.855. The third kappa shape index (κ3) is 3.03. The van der Waals surface area contributed by atoms with Crippen LogP contribution in [0.25, 0.3) is 0 Å². The molecule has 4 nitrogen and oxygen atoms in total. The van der Waals surface area contributed by atoms with E-state index in [4.69, 9.17) is 4.74 Å². The summed E-state index contributed by atoms with van der Waals surface area (Å²) in [5.41, 5.74) is 1.90. The third-order valence-electron chi connectivity index (χ3n) is 3.21. The number of aromatic nitrogens is 1. The van der Waals surface area contributed by atoms with Gasteiger partial charge in [0.25, 0.3) is 0 Å². The number of likely N-dealkylation sites (N-methyl/N-ethyl adjacent to an activating group) is 1. The first kappa shape index (κ1) is 12.5. The zero-order chi connectivity index (χ0) is 12.3. The van der Waals surface area contributed by atoms with Gasteiger partial charge in [0, 0.05) is 31.0 Å². The minimum Gasteiger partial charge on any atom is -0.386 e. The van der Waals surface area contributed by atoms with Crippen LogP contribution in [-0.2, 0) is 4.74 Å². The lowest BCUT2D eigenvalue weighted by Crippen LogP contribution is -2.44. The van der Waals surface area contributed by atoms with Crippen LogP contribution in [0.4, 0.5) is 0 Å². The molecule has 2 rings (SSSR count). The minimum atomic E-state index is -0.586. The summed E-state index contributed by atoms with van der Waals surface area (Å²) in [4.78, 5) is 6.40. The van der Waals surface area contributed by atoms with Gasteiger partial charge in [0.1, 0.15) is 12.2 Å². The fourth-order valence-electron chi connectivity index (χ4n) is 2.16. The van der Waals surface area contributed by atoms with Gasteiger partial charge in [-0.15, -0.1) is 0 Å². The number of aryl methyl sites for hydroxylation is 1. The predicted octanol–water partition coefficient (Wildman–Crippen LogP) is 1.14. The summed E-state index contributed by atoms with van der Waals surface area (Å²) in [6, 6.07) is 1.96. The average molecular weight is 236 g/mol. The van der Waals surface area contributed by atoms with Crippen LogP contribution in [0.1, 0.15) is 24.2 Å². The first-order valence-corrected chi connectivity index (χ1v) is 6.14. The van der Waals surface area contributed by atoms with Crippen molar-refractivity contribution < 1.29 is 9.84 Å². The van der Waals surface area contributed by atoms with E-state index < -0.39 is 6.10 Å². The molecule has 94 valence electrons. The largest absolute Gasteiger partial charge is 0.386 e. The van der Waals surface area contributed by atoms with E-state index in [-0.39, 0.29) is 6.10 Å². The lowest BCUT2D eigenvalue weighted by Gasteiger charge is -2.34. The molecule has 1 aromatic heterocycles. The van der Waals surface area contributed by atoms with Crippen LogP contribution in [0.15, 0.2) is 18.5 Å². The van der Waals surface area contributed by atoms with E-state index in [0.717, 1.165) is 30.8 Å². The van der Waals surface area contributed by atoms with Crippen LogP contribution in [-0.4, -0.2) is 47.3 Å². The molecule has 4 heteroatoms. The van der Waals surface area contributed by atoms with Gasteiger partial charge in [-0.1, -0.05) is 13.0 Å². The van der Waals surface area contributed by atoms with E-state index in [1.165, 1.54) is 0 Å².